The van der Waals surface area contributed by atoms with Crippen molar-refractivity contribution in [2.24, 2.45) is 5.73 Å². The van der Waals surface area contributed by atoms with Crippen molar-refractivity contribution in [2.45, 2.75) is 32.4 Å². The number of hydrogen-bond acceptors (Lipinski definition) is 3. The van der Waals surface area contributed by atoms with Gasteiger partial charge in [-0.15, -0.1) is 0 Å². The van der Waals surface area contributed by atoms with Gasteiger partial charge in [-0.25, -0.2) is 0 Å². The molecule has 1 saturated heterocycles. The summed E-state index contributed by atoms with van der Waals surface area (Å²) in [5.74, 6) is 0. The van der Waals surface area contributed by atoms with Gasteiger partial charge in [-0.2, -0.15) is 0 Å². The molecule has 1 aliphatic heterocycles. The van der Waals surface area contributed by atoms with E-state index in [4.69, 9.17) is 22.1 Å². The summed E-state index contributed by atoms with van der Waals surface area (Å²) in [5.41, 5.74) is 7.86. The van der Waals surface area contributed by atoms with Gasteiger partial charge in [0.25, 0.3) is 0 Å². The first-order valence-corrected chi connectivity index (χ1v) is 6.86. The van der Waals surface area contributed by atoms with Crippen molar-refractivity contribution < 1.29 is 4.74 Å². The number of ether oxygens (including phenoxy) is 1. The molecule has 2 N–H and O–H groups in total. The summed E-state index contributed by atoms with van der Waals surface area (Å²) in [5, 5.41) is 0.810. The normalized spacial score (nSPS) is 24.3. The maximum Gasteiger partial charge on any atom is 0.0723 e. The molecule has 1 fully saturated rings. The van der Waals surface area contributed by atoms with Crippen LogP contribution in [-0.2, 0) is 11.2 Å². The van der Waals surface area contributed by atoms with Crippen molar-refractivity contribution in [3.8, 4) is 0 Å². The molecule has 0 saturated carbocycles. The van der Waals surface area contributed by atoms with Gasteiger partial charge in [0.1, 0.15) is 0 Å². The molecular weight excluding hydrogens is 248 g/mol. The fourth-order valence-corrected chi connectivity index (χ4v) is 2.61. The predicted molar refractivity (Wildman–Crippen MR) is 76.4 cm³/mol. The lowest BCUT2D eigenvalue weighted by atomic mass is 10.1. The van der Waals surface area contributed by atoms with Crippen molar-refractivity contribution >= 4 is 17.3 Å². The number of rotatable bonds is 3. The van der Waals surface area contributed by atoms with Crippen LogP contribution in [0.15, 0.2) is 18.2 Å². The van der Waals surface area contributed by atoms with E-state index in [-0.39, 0.29) is 6.10 Å². The molecule has 2 unspecified atom stereocenters. The van der Waals surface area contributed by atoms with Gasteiger partial charge in [-0.1, -0.05) is 17.7 Å². The van der Waals surface area contributed by atoms with Crippen LogP contribution in [0.25, 0.3) is 0 Å². The number of nitrogens with zero attached hydrogens (tertiary/aromatic N) is 1. The highest BCUT2D eigenvalue weighted by molar-refractivity contribution is 6.31. The average molecular weight is 269 g/mol. The van der Waals surface area contributed by atoms with Gasteiger partial charge >= 0.3 is 0 Å². The highest BCUT2D eigenvalue weighted by Crippen LogP contribution is 2.27. The molecule has 0 radical (unpaired) electrons. The minimum absolute atomic E-state index is 0.267. The number of morpholine rings is 1. The lowest BCUT2D eigenvalue weighted by molar-refractivity contribution is 0.0344. The number of nitrogens with two attached hydrogens (primary N) is 1. The summed E-state index contributed by atoms with van der Waals surface area (Å²) in [4.78, 5) is 2.35. The van der Waals surface area contributed by atoms with Crippen LogP contribution in [0.2, 0.25) is 5.02 Å². The molecule has 2 atom stereocenters. The minimum Gasteiger partial charge on any atom is -0.375 e. The quantitative estimate of drug-likeness (QED) is 0.915. The zero-order chi connectivity index (χ0) is 13.1. The molecule has 1 heterocycles. The maximum absolute atomic E-state index is 6.30. The first-order valence-electron chi connectivity index (χ1n) is 6.48. The Hall–Kier alpha value is -0.770. The molecule has 0 aliphatic carbocycles. The summed E-state index contributed by atoms with van der Waals surface area (Å²) in [6, 6.07) is 6.64. The molecule has 3 nitrogen and oxygen atoms in total. The Kier molecular flexibility index (Phi) is 4.49. The van der Waals surface area contributed by atoms with E-state index in [1.165, 1.54) is 5.69 Å². The summed E-state index contributed by atoms with van der Waals surface area (Å²) < 4.78 is 5.64. The average Bonchev–Trinajstić information content (AvgIpc) is 2.35. The Balaban J connectivity index is 2.19. The molecule has 0 spiro atoms. The third kappa shape index (κ3) is 2.97. The molecule has 0 amide bonds. The van der Waals surface area contributed by atoms with E-state index in [2.05, 4.69) is 30.9 Å². The van der Waals surface area contributed by atoms with Crippen LogP contribution < -0.4 is 10.6 Å². The topological polar surface area (TPSA) is 38.5 Å². The Morgan fingerprint density at radius 3 is 2.89 bits per heavy atom. The van der Waals surface area contributed by atoms with Crippen LogP contribution in [0.1, 0.15) is 19.4 Å². The van der Waals surface area contributed by atoms with E-state index in [1.807, 2.05) is 6.07 Å². The Labute approximate surface area is 114 Å². The van der Waals surface area contributed by atoms with E-state index in [9.17, 15) is 0 Å². The number of anilines is 1. The van der Waals surface area contributed by atoms with Crippen molar-refractivity contribution in [2.75, 3.05) is 24.6 Å². The number of benzene rings is 1. The molecule has 18 heavy (non-hydrogen) atoms. The molecule has 2 rings (SSSR count). The first kappa shape index (κ1) is 13.7. The molecule has 1 aromatic rings. The first-order chi connectivity index (χ1) is 8.61. The standard InChI is InChI=1S/C14H21ClN2O/c1-10-9-18-11(2)8-17(10)13-4-3-12(5-6-16)14(15)7-13/h3-4,7,10-11H,5-6,8-9,16H2,1-2H3. The maximum atomic E-state index is 6.30. The van der Waals surface area contributed by atoms with E-state index >= 15 is 0 Å². The second-order valence-electron chi connectivity index (χ2n) is 4.96. The molecular formula is C14H21ClN2O. The molecule has 4 heteroatoms. The third-order valence-electron chi connectivity index (χ3n) is 3.39. The van der Waals surface area contributed by atoms with Crippen LogP contribution in [-0.4, -0.2) is 31.8 Å². The third-order valence-corrected chi connectivity index (χ3v) is 3.74. The summed E-state index contributed by atoms with van der Waals surface area (Å²) >= 11 is 6.30. The Morgan fingerprint density at radius 1 is 1.44 bits per heavy atom. The van der Waals surface area contributed by atoms with Gasteiger partial charge in [0.05, 0.1) is 12.7 Å². The zero-order valence-electron chi connectivity index (χ0n) is 11.0. The van der Waals surface area contributed by atoms with Gasteiger partial charge in [-0.3, -0.25) is 0 Å². The number of hydrogen-bond donors (Lipinski definition) is 1. The van der Waals surface area contributed by atoms with Crippen LogP contribution in [0.5, 0.6) is 0 Å². The zero-order valence-corrected chi connectivity index (χ0v) is 11.8. The lowest BCUT2D eigenvalue weighted by Gasteiger charge is -2.38. The molecule has 0 aromatic heterocycles. The highest BCUT2D eigenvalue weighted by atomic mass is 35.5. The fourth-order valence-electron chi connectivity index (χ4n) is 2.34. The lowest BCUT2D eigenvalue weighted by Crippen LogP contribution is -2.47. The van der Waals surface area contributed by atoms with E-state index in [1.54, 1.807) is 0 Å². The van der Waals surface area contributed by atoms with E-state index in [0.717, 1.165) is 30.2 Å². The van der Waals surface area contributed by atoms with Crippen LogP contribution in [0, 0.1) is 0 Å². The summed E-state index contributed by atoms with van der Waals surface area (Å²) in [6.07, 6.45) is 1.09. The molecule has 100 valence electrons. The highest BCUT2D eigenvalue weighted by Gasteiger charge is 2.23. The largest absolute Gasteiger partial charge is 0.375 e. The predicted octanol–water partition coefficient (Wildman–Crippen LogP) is 2.45. The van der Waals surface area contributed by atoms with Crippen molar-refractivity contribution in [3.63, 3.8) is 0 Å². The molecule has 1 aliphatic rings. The van der Waals surface area contributed by atoms with E-state index in [0.29, 0.717) is 12.6 Å². The fraction of sp³-hybridized carbons (Fsp3) is 0.571. The van der Waals surface area contributed by atoms with Crippen molar-refractivity contribution in [3.05, 3.63) is 28.8 Å². The minimum atomic E-state index is 0.267. The Bertz CT molecular complexity index is 411. The number of halogens is 1. The van der Waals surface area contributed by atoms with E-state index < -0.39 is 0 Å². The molecule has 1 aromatic carbocycles. The van der Waals surface area contributed by atoms with Gasteiger partial charge < -0.3 is 15.4 Å². The van der Waals surface area contributed by atoms with Gasteiger partial charge in [-0.05, 0) is 44.5 Å². The van der Waals surface area contributed by atoms with Gasteiger partial charge in [0.15, 0.2) is 0 Å². The van der Waals surface area contributed by atoms with Gasteiger partial charge in [0.2, 0.25) is 0 Å². The SMILES string of the molecule is CC1CN(c2ccc(CCN)c(Cl)c2)C(C)CO1. The Morgan fingerprint density at radius 2 is 2.22 bits per heavy atom. The van der Waals surface area contributed by atoms with Crippen molar-refractivity contribution in [1.82, 2.24) is 0 Å². The van der Waals surface area contributed by atoms with Crippen LogP contribution in [0.4, 0.5) is 5.69 Å². The van der Waals surface area contributed by atoms with Crippen molar-refractivity contribution in [1.29, 1.82) is 0 Å². The monoisotopic (exact) mass is 268 g/mol. The van der Waals surface area contributed by atoms with Crippen LogP contribution in [0.3, 0.4) is 0 Å². The van der Waals surface area contributed by atoms with Crippen LogP contribution >= 0.6 is 11.6 Å². The molecule has 0 bridgehead atoms. The van der Waals surface area contributed by atoms with Gasteiger partial charge in [0, 0.05) is 23.3 Å². The summed E-state index contributed by atoms with van der Waals surface area (Å²) in [6.45, 7) is 6.58. The smallest absolute Gasteiger partial charge is 0.0723 e. The summed E-state index contributed by atoms with van der Waals surface area (Å²) in [7, 11) is 0. The second kappa shape index (κ2) is 5.91. The second-order valence-corrected chi connectivity index (χ2v) is 5.37.